The third-order valence-corrected chi connectivity index (χ3v) is 4.19. The zero-order valence-electron chi connectivity index (χ0n) is 11.6. The molecule has 1 aliphatic rings. The standard InChI is InChI=1S/C14H22BrN3O/c1-17-3-4-18(2)13(10-17)7-14(19)6-11-5-12(15)9-16-8-11/h5,8-9,13-14,19H,3-4,6-7,10H2,1-2H3. The van der Waals surface area contributed by atoms with Crippen LogP contribution in [0.25, 0.3) is 0 Å². The average molecular weight is 328 g/mol. The molecule has 5 heteroatoms. The quantitative estimate of drug-likeness (QED) is 0.907. The predicted octanol–water partition coefficient (Wildman–Crippen LogP) is 1.38. The Morgan fingerprint density at radius 1 is 1.42 bits per heavy atom. The highest BCUT2D eigenvalue weighted by Crippen LogP contribution is 2.16. The molecule has 0 aliphatic carbocycles. The van der Waals surface area contributed by atoms with Crippen molar-refractivity contribution in [3.8, 4) is 0 Å². The summed E-state index contributed by atoms with van der Waals surface area (Å²) in [5, 5.41) is 10.3. The number of halogens is 1. The third-order valence-electron chi connectivity index (χ3n) is 3.76. The summed E-state index contributed by atoms with van der Waals surface area (Å²) < 4.78 is 0.965. The first-order valence-electron chi connectivity index (χ1n) is 6.71. The van der Waals surface area contributed by atoms with Crippen molar-refractivity contribution in [1.82, 2.24) is 14.8 Å². The fraction of sp³-hybridized carbons (Fsp3) is 0.643. The zero-order chi connectivity index (χ0) is 13.8. The highest BCUT2D eigenvalue weighted by molar-refractivity contribution is 9.10. The van der Waals surface area contributed by atoms with E-state index < -0.39 is 0 Å². The molecule has 106 valence electrons. The number of aromatic nitrogens is 1. The summed E-state index contributed by atoms with van der Waals surface area (Å²) in [6.07, 6.45) is 4.76. The Hall–Kier alpha value is -0.490. The maximum absolute atomic E-state index is 10.3. The molecule has 1 saturated heterocycles. The van der Waals surface area contributed by atoms with Gasteiger partial charge in [0.2, 0.25) is 0 Å². The molecule has 2 unspecified atom stereocenters. The second kappa shape index (κ2) is 6.79. The second-order valence-electron chi connectivity index (χ2n) is 5.50. The molecule has 19 heavy (non-hydrogen) atoms. The first-order chi connectivity index (χ1) is 9.04. The van der Waals surface area contributed by atoms with Gasteiger partial charge in [0.25, 0.3) is 0 Å². The van der Waals surface area contributed by atoms with Crippen LogP contribution >= 0.6 is 15.9 Å². The van der Waals surface area contributed by atoms with E-state index in [0.29, 0.717) is 12.5 Å². The van der Waals surface area contributed by atoms with Crippen LogP contribution in [0.15, 0.2) is 22.9 Å². The van der Waals surface area contributed by atoms with Gasteiger partial charge in [0.15, 0.2) is 0 Å². The van der Waals surface area contributed by atoms with Gasteiger partial charge in [-0.25, -0.2) is 0 Å². The maximum atomic E-state index is 10.3. The van der Waals surface area contributed by atoms with Crippen molar-refractivity contribution in [2.45, 2.75) is 25.0 Å². The van der Waals surface area contributed by atoms with Crippen LogP contribution in [0, 0.1) is 0 Å². The highest BCUT2D eigenvalue weighted by atomic mass is 79.9. The van der Waals surface area contributed by atoms with E-state index >= 15 is 0 Å². The van der Waals surface area contributed by atoms with E-state index in [1.165, 1.54) is 0 Å². The van der Waals surface area contributed by atoms with E-state index in [9.17, 15) is 5.11 Å². The van der Waals surface area contributed by atoms with Gasteiger partial charge in [0.05, 0.1) is 6.10 Å². The summed E-state index contributed by atoms with van der Waals surface area (Å²) in [6.45, 7) is 3.22. The Labute approximate surface area is 123 Å². The first-order valence-corrected chi connectivity index (χ1v) is 7.50. The molecule has 4 nitrogen and oxygen atoms in total. The Morgan fingerprint density at radius 2 is 2.21 bits per heavy atom. The Balaban J connectivity index is 1.88. The monoisotopic (exact) mass is 327 g/mol. The van der Waals surface area contributed by atoms with E-state index in [0.717, 1.165) is 36.1 Å². The van der Waals surface area contributed by atoms with E-state index in [4.69, 9.17) is 0 Å². The number of hydrogen-bond donors (Lipinski definition) is 1. The lowest BCUT2D eigenvalue weighted by Gasteiger charge is -2.38. The van der Waals surface area contributed by atoms with Gasteiger partial charge in [-0.05, 0) is 54.5 Å². The average Bonchev–Trinajstić information content (AvgIpc) is 2.34. The topological polar surface area (TPSA) is 39.6 Å². The van der Waals surface area contributed by atoms with Crippen molar-refractivity contribution < 1.29 is 5.11 Å². The minimum absolute atomic E-state index is 0.310. The van der Waals surface area contributed by atoms with E-state index in [2.05, 4.69) is 44.8 Å². The molecular formula is C14H22BrN3O. The molecule has 0 saturated carbocycles. The van der Waals surface area contributed by atoms with E-state index in [1.807, 2.05) is 12.3 Å². The molecule has 0 bridgehead atoms. The molecule has 1 aromatic heterocycles. The van der Waals surface area contributed by atoms with Gasteiger partial charge in [-0.3, -0.25) is 4.98 Å². The van der Waals surface area contributed by atoms with E-state index in [1.54, 1.807) is 6.20 Å². The number of aliphatic hydroxyl groups excluding tert-OH is 1. The number of hydrogen-bond acceptors (Lipinski definition) is 4. The fourth-order valence-corrected chi connectivity index (χ4v) is 3.01. The third kappa shape index (κ3) is 4.53. The largest absolute Gasteiger partial charge is 0.393 e. The van der Waals surface area contributed by atoms with Gasteiger partial charge in [-0.1, -0.05) is 0 Å². The molecule has 2 atom stereocenters. The Kier molecular flexibility index (Phi) is 5.33. The molecule has 1 N–H and O–H groups in total. The van der Waals surface area contributed by atoms with Gasteiger partial charge in [0, 0.05) is 42.5 Å². The van der Waals surface area contributed by atoms with Crippen molar-refractivity contribution in [3.63, 3.8) is 0 Å². The summed E-state index contributed by atoms with van der Waals surface area (Å²) in [5.41, 5.74) is 1.08. The number of aliphatic hydroxyl groups is 1. The molecule has 2 heterocycles. The SMILES string of the molecule is CN1CCN(C)C(CC(O)Cc2cncc(Br)c2)C1. The normalized spacial score (nSPS) is 23.5. The van der Waals surface area contributed by atoms with Crippen LogP contribution in [-0.4, -0.2) is 65.8 Å². The molecule has 1 aliphatic heterocycles. The zero-order valence-corrected chi connectivity index (χ0v) is 13.2. The molecule has 1 aromatic rings. The molecule has 0 radical (unpaired) electrons. The van der Waals surface area contributed by atoms with Crippen molar-refractivity contribution >= 4 is 15.9 Å². The number of piperazine rings is 1. The van der Waals surface area contributed by atoms with Crippen LogP contribution in [0.5, 0.6) is 0 Å². The molecule has 0 spiro atoms. The van der Waals surface area contributed by atoms with Crippen LogP contribution in [0.4, 0.5) is 0 Å². The minimum Gasteiger partial charge on any atom is -0.393 e. The molecule has 1 fully saturated rings. The number of likely N-dealkylation sites (N-methyl/N-ethyl adjacent to an activating group) is 2. The van der Waals surface area contributed by atoms with Gasteiger partial charge < -0.3 is 14.9 Å². The van der Waals surface area contributed by atoms with Crippen molar-refractivity contribution in [3.05, 3.63) is 28.5 Å². The number of rotatable bonds is 4. The van der Waals surface area contributed by atoms with E-state index in [-0.39, 0.29) is 6.10 Å². The lowest BCUT2D eigenvalue weighted by molar-refractivity contribution is 0.0638. The summed E-state index contributed by atoms with van der Waals surface area (Å²) in [6, 6.07) is 2.46. The first kappa shape index (κ1) is 14.9. The molecule has 2 rings (SSSR count). The second-order valence-corrected chi connectivity index (χ2v) is 6.42. The van der Waals surface area contributed by atoms with Crippen LogP contribution < -0.4 is 0 Å². The van der Waals surface area contributed by atoms with Crippen molar-refractivity contribution in [2.24, 2.45) is 0 Å². The van der Waals surface area contributed by atoms with Gasteiger partial charge in [-0.2, -0.15) is 0 Å². The van der Waals surface area contributed by atoms with Gasteiger partial charge in [-0.15, -0.1) is 0 Å². The van der Waals surface area contributed by atoms with Gasteiger partial charge in [0.1, 0.15) is 0 Å². The van der Waals surface area contributed by atoms with Crippen LogP contribution in [0.3, 0.4) is 0 Å². The maximum Gasteiger partial charge on any atom is 0.0596 e. The lowest BCUT2D eigenvalue weighted by atomic mass is 10.0. The van der Waals surface area contributed by atoms with Crippen molar-refractivity contribution in [2.75, 3.05) is 33.7 Å². The number of nitrogens with zero attached hydrogens (tertiary/aromatic N) is 3. The van der Waals surface area contributed by atoms with Crippen LogP contribution in [0.2, 0.25) is 0 Å². The summed E-state index contributed by atoms with van der Waals surface area (Å²) in [7, 11) is 4.29. The van der Waals surface area contributed by atoms with Gasteiger partial charge >= 0.3 is 0 Å². The highest BCUT2D eigenvalue weighted by Gasteiger charge is 2.24. The lowest BCUT2D eigenvalue weighted by Crippen LogP contribution is -2.51. The number of pyridine rings is 1. The molecule has 0 aromatic carbocycles. The smallest absolute Gasteiger partial charge is 0.0596 e. The van der Waals surface area contributed by atoms with Crippen molar-refractivity contribution in [1.29, 1.82) is 0 Å². The minimum atomic E-state index is -0.310. The fourth-order valence-electron chi connectivity index (χ4n) is 2.59. The molecule has 0 amide bonds. The summed E-state index contributed by atoms with van der Waals surface area (Å²) in [5.74, 6) is 0. The Morgan fingerprint density at radius 3 is 2.95 bits per heavy atom. The predicted molar refractivity (Wildman–Crippen MR) is 80.2 cm³/mol. The molecular weight excluding hydrogens is 306 g/mol. The summed E-state index contributed by atoms with van der Waals surface area (Å²) in [4.78, 5) is 8.82. The van der Waals surface area contributed by atoms with Crippen LogP contribution in [-0.2, 0) is 6.42 Å². The van der Waals surface area contributed by atoms with Crippen LogP contribution in [0.1, 0.15) is 12.0 Å². The summed E-state index contributed by atoms with van der Waals surface area (Å²) >= 11 is 3.41. The Bertz CT molecular complexity index is 415.